The van der Waals surface area contributed by atoms with Gasteiger partial charge in [-0.25, -0.2) is 4.79 Å². The van der Waals surface area contributed by atoms with Gasteiger partial charge in [-0.3, -0.25) is 4.79 Å². The van der Waals surface area contributed by atoms with Crippen LogP contribution in [0, 0.1) is 0 Å². The van der Waals surface area contributed by atoms with E-state index >= 15 is 0 Å². The molecule has 1 aromatic carbocycles. The van der Waals surface area contributed by atoms with E-state index in [2.05, 4.69) is 0 Å². The number of ketones is 1. The molecule has 0 fully saturated rings. The molecule has 0 bridgehead atoms. The van der Waals surface area contributed by atoms with Crippen LogP contribution in [0.4, 0.5) is 26.3 Å². The Morgan fingerprint density at radius 2 is 1.48 bits per heavy atom. The lowest BCUT2D eigenvalue weighted by atomic mass is 9.96. The molecule has 0 unspecified atom stereocenters. The molecule has 0 spiro atoms. The summed E-state index contributed by atoms with van der Waals surface area (Å²) in [6, 6.07) is 3.35. The van der Waals surface area contributed by atoms with Crippen LogP contribution in [-0.4, -0.2) is 41.2 Å². The van der Waals surface area contributed by atoms with E-state index in [1.165, 1.54) is 0 Å². The van der Waals surface area contributed by atoms with E-state index in [9.17, 15) is 35.9 Å². The SMILES string of the molecule is CCOc1ccc(C(=O)C(F)(F)C(F)(F)C(F)(F)C(=O)O)cc1. The Hall–Kier alpha value is -2.26. The van der Waals surface area contributed by atoms with Crippen molar-refractivity contribution in [2.45, 2.75) is 24.7 Å². The maximum absolute atomic E-state index is 13.5. The van der Waals surface area contributed by atoms with E-state index in [1.807, 2.05) is 0 Å². The van der Waals surface area contributed by atoms with Crippen molar-refractivity contribution in [3.8, 4) is 5.75 Å². The van der Waals surface area contributed by atoms with E-state index in [0.29, 0.717) is 12.1 Å². The summed E-state index contributed by atoms with van der Waals surface area (Å²) in [5.74, 6) is -24.4. The number of rotatable bonds is 7. The quantitative estimate of drug-likeness (QED) is 0.609. The number of hydrogen-bond donors (Lipinski definition) is 1. The van der Waals surface area contributed by atoms with Gasteiger partial charge in [0.15, 0.2) is 0 Å². The largest absolute Gasteiger partial charge is 0.494 e. The minimum absolute atomic E-state index is 0.134. The zero-order valence-corrected chi connectivity index (χ0v) is 11.5. The smallest absolute Gasteiger partial charge is 0.411 e. The minimum atomic E-state index is -6.42. The number of ether oxygens (including phenoxy) is 1. The van der Waals surface area contributed by atoms with Gasteiger partial charge in [-0.1, -0.05) is 0 Å². The molecule has 1 N–H and O–H groups in total. The first-order chi connectivity index (χ1) is 10.4. The van der Waals surface area contributed by atoms with E-state index < -0.39 is 35.1 Å². The third kappa shape index (κ3) is 3.10. The van der Waals surface area contributed by atoms with Crippen LogP contribution in [0.2, 0.25) is 0 Å². The van der Waals surface area contributed by atoms with Crippen molar-refractivity contribution >= 4 is 11.8 Å². The first-order valence-corrected chi connectivity index (χ1v) is 6.04. The van der Waals surface area contributed by atoms with Gasteiger partial charge in [0.2, 0.25) is 5.78 Å². The Balaban J connectivity index is 3.20. The standard InChI is InChI=1S/C13H10F6O4/c1-2-23-8-5-3-7(4-6-8)9(20)11(14,15)13(18,19)12(16,17)10(21)22/h3-6H,2H2,1H3,(H,21,22). The molecule has 0 radical (unpaired) electrons. The molecule has 0 aliphatic carbocycles. The number of halogens is 6. The van der Waals surface area contributed by atoms with Crippen LogP contribution in [0.25, 0.3) is 0 Å². The number of carboxylic acid groups (broad SMARTS) is 1. The fraction of sp³-hybridized carbons (Fsp3) is 0.385. The molecule has 1 aromatic rings. The number of benzene rings is 1. The van der Waals surface area contributed by atoms with Gasteiger partial charge in [-0.2, -0.15) is 26.3 Å². The number of carbonyl (C=O) groups is 2. The normalized spacial score (nSPS) is 12.8. The van der Waals surface area contributed by atoms with E-state index in [0.717, 1.165) is 12.1 Å². The average Bonchev–Trinajstić information content (AvgIpc) is 2.47. The predicted molar refractivity (Wildman–Crippen MR) is 64.4 cm³/mol. The molecule has 4 nitrogen and oxygen atoms in total. The molecule has 0 saturated carbocycles. The van der Waals surface area contributed by atoms with Crippen LogP contribution in [0.5, 0.6) is 5.75 Å². The maximum atomic E-state index is 13.5. The third-order valence-corrected chi connectivity index (χ3v) is 2.77. The summed E-state index contributed by atoms with van der Waals surface area (Å²) in [6.07, 6.45) is 0. The zero-order chi connectivity index (χ0) is 18.1. The molecule has 10 heteroatoms. The van der Waals surface area contributed by atoms with Crippen LogP contribution in [0.3, 0.4) is 0 Å². The Bertz CT molecular complexity index is 597. The van der Waals surface area contributed by atoms with Crippen LogP contribution in [0.1, 0.15) is 17.3 Å². The van der Waals surface area contributed by atoms with Gasteiger partial charge in [0.1, 0.15) is 5.75 Å². The Morgan fingerprint density at radius 1 is 1.00 bits per heavy atom. The Labute approximate surface area is 125 Å². The van der Waals surface area contributed by atoms with Gasteiger partial charge >= 0.3 is 23.7 Å². The van der Waals surface area contributed by atoms with Gasteiger partial charge in [0.25, 0.3) is 0 Å². The molecular weight excluding hydrogens is 334 g/mol. The minimum Gasteiger partial charge on any atom is -0.494 e. The van der Waals surface area contributed by atoms with Crippen molar-refractivity contribution < 1.29 is 45.8 Å². The van der Waals surface area contributed by atoms with Gasteiger partial charge in [0, 0.05) is 5.56 Å². The second-order valence-electron chi connectivity index (χ2n) is 4.31. The van der Waals surface area contributed by atoms with E-state index in [1.54, 1.807) is 6.92 Å². The van der Waals surface area contributed by atoms with Crippen molar-refractivity contribution in [2.24, 2.45) is 0 Å². The van der Waals surface area contributed by atoms with Crippen molar-refractivity contribution in [1.29, 1.82) is 0 Å². The molecule has 0 atom stereocenters. The zero-order valence-electron chi connectivity index (χ0n) is 11.5. The molecule has 0 amide bonds. The van der Waals surface area contributed by atoms with Crippen LogP contribution in [0.15, 0.2) is 24.3 Å². The predicted octanol–water partition coefficient (Wildman–Crippen LogP) is 3.26. The van der Waals surface area contributed by atoms with Crippen LogP contribution >= 0.6 is 0 Å². The molecule has 0 aromatic heterocycles. The lowest BCUT2D eigenvalue weighted by Crippen LogP contribution is -2.60. The summed E-state index contributed by atoms with van der Waals surface area (Å²) in [5, 5.41) is 8.00. The Kier molecular flexibility index (Phi) is 4.97. The van der Waals surface area contributed by atoms with Gasteiger partial charge in [0.05, 0.1) is 6.61 Å². The van der Waals surface area contributed by atoms with Gasteiger partial charge in [-0.15, -0.1) is 0 Å². The molecule has 23 heavy (non-hydrogen) atoms. The molecule has 128 valence electrons. The Morgan fingerprint density at radius 3 is 1.87 bits per heavy atom. The summed E-state index contributed by atoms with van der Waals surface area (Å²) in [5.41, 5.74) is -1.00. The lowest BCUT2D eigenvalue weighted by molar-refractivity contribution is -0.285. The van der Waals surface area contributed by atoms with Gasteiger partial charge < -0.3 is 9.84 Å². The van der Waals surface area contributed by atoms with Crippen LogP contribution in [-0.2, 0) is 4.79 Å². The number of Topliss-reactive ketones (excluding diaryl/α,β-unsaturated/α-hetero) is 1. The highest BCUT2D eigenvalue weighted by Crippen LogP contribution is 2.47. The van der Waals surface area contributed by atoms with Crippen molar-refractivity contribution in [3.63, 3.8) is 0 Å². The topological polar surface area (TPSA) is 63.6 Å². The molecule has 1 rings (SSSR count). The van der Waals surface area contributed by atoms with Crippen LogP contribution < -0.4 is 4.74 Å². The average molecular weight is 344 g/mol. The van der Waals surface area contributed by atoms with Gasteiger partial charge in [-0.05, 0) is 31.2 Å². The summed E-state index contributed by atoms with van der Waals surface area (Å²) in [6.45, 7) is 1.80. The fourth-order valence-corrected chi connectivity index (χ4v) is 1.52. The third-order valence-electron chi connectivity index (χ3n) is 2.77. The first-order valence-electron chi connectivity index (χ1n) is 6.04. The molecular formula is C13H10F6O4. The number of alkyl halides is 6. The van der Waals surface area contributed by atoms with Crippen molar-refractivity contribution in [1.82, 2.24) is 0 Å². The number of carboxylic acids is 1. The van der Waals surface area contributed by atoms with Crippen molar-refractivity contribution in [2.75, 3.05) is 6.61 Å². The second kappa shape index (κ2) is 6.09. The fourth-order valence-electron chi connectivity index (χ4n) is 1.52. The highest BCUT2D eigenvalue weighted by molar-refractivity contribution is 6.02. The molecule has 0 aliphatic rings. The van der Waals surface area contributed by atoms with E-state index in [4.69, 9.17) is 9.84 Å². The number of aliphatic carboxylic acids is 1. The number of hydrogen-bond acceptors (Lipinski definition) is 3. The second-order valence-corrected chi connectivity index (χ2v) is 4.31. The summed E-state index contributed by atoms with van der Waals surface area (Å²) in [7, 11) is 0. The first kappa shape index (κ1) is 18.8. The monoisotopic (exact) mass is 344 g/mol. The molecule has 0 saturated heterocycles. The summed E-state index contributed by atoms with van der Waals surface area (Å²) >= 11 is 0. The maximum Gasteiger partial charge on any atom is 0.411 e. The highest BCUT2D eigenvalue weighted by atomic mass is 19.3. The highest BCUT2D eigenvalue weighted by Gasteiger charge is 2.78. The van der Waals surface area contributed by atoms with E-state index in [-0.39, 0.29) is 12.4 Å². The molecule has 0 heterocycles. The van der Waals surface area contributed by atoms with Crippen molar-refractivity contribution in [3.05, 3.63) is 29.8 Å². The summed E-state index contributed by atoms with van der Waals surface area (Å²) in [4.78, 5) is 21.6. The number of carbonyl (C=O) groups excluding carboxylic acids is 1. The molecule has 0 aliphatic heterocycles. The lowest BCUT2D eigenvalue weighted by Gasteiger charge is -2.29. The summed E-state index contributed by atoms with van der Waals surface area (Å²) < 4.78 is 84.2.